The molecular formula is C27H35BrO. The van der Waals surface area contributed by atoms with Gasteiger partial charge in [-0.3, -0.25) is 4.79 Å². The molecule has 2 aromatic rings. The van der Waals surface area contributed by atoms with Crippen molar-refractivity contribution in [2.45, 2.75) is 90.4 Å². The number of fused-ring (bicyclic) bond motifs is 3. The van der Waals surface area contributed by atoms with Crippen LogP contribution in [-0.2, 0) is 5.41 Å². The highest BCUT2D eigenvalue weighted by Gasteiger charge is 2.42. The number of hydrogen-bond donors (Lipinski definition) is 0. The normalized spacial score (nSPS) is 13.9. The number of carbonyl (C=O) groups is 1. The number of unbranched alkanes of at least 4 members (excludes halogenated alkanes) is 6. The topological polar surface area (TPSA) is 17.1 Å². The Kier molecular flexibility index (Phi) is 7.73. The summed E-state index contributed by atoms with van der Waals surface area (Å²) in [6.45, 7) is 6.23. The van der Waals surface area contributed by atoms with E-state index >= 15 is 0 Å². The lowest BCUT2D eigenvalue weighted by molar-refractivity contribution is 0.101. The molecule has 0 saturated heterocycles. The molecule has 0 fully saturated rings. The van der Waals surface area contributed by atoms with Crippen LogP contribution in [0.25, 0.3) is 11.1 Å². The van der Waals surface area contributed by atoms with Gasteiger partial charge < -0.3 is 0 Å². The Bertz CT molecular complexity index is 840. The van der Waals surface area contributed by atoms with Crippen LogP contribution in [0.3, 0.4) is 0 Å². The van der Waals surface area contributed by atoms with E-state index in [1.54, 1.807) is 6.92 Å². The molecule has 156 valence electrons. The maximum Gasteiger partial charge on any atom is 0.159 e. The summed E-state index contributed by atoms with van der Waals surface area (Å²) in [6, 6.07) is 13.2. The van der Waals surface area contributed by atoms with E-state index in [1.165, 1.54) is 86.5 Å². The molecule has 3 rings (SSSR count). The Hall–Kier alpha value is -1.41. The van der Waals surface area contributed by atoms with Crippen molar-refractivity contribution in [2.24, 2.45) is 0 Å². The Morgan fingerprint density at radius 2 is 1.34 bits per heavy atom. The van der Waals surface area contributed by atoms with E-state index in [0.717, 1.165) is 10.0 Å². The predicted octanol–water partition coefficient (Wildman–Crippen LogP) is 8.86. The zero-order valence-corrected chi connectivity index (χ0v) is 19.9. The molecule has 0 spiro atoms. The minimum atomic E-state index is 0.0430. The highest BCUT2D eigenvalue weighted by atomic mass is 79.9. The molecule has 0 aromatic heterocycles. The second kappa shape index (κ2) is 10.1. The fourth-order valence-corrected chi connectivity index (χ4v) is 5.42. The van der Waals surface area contributed by atoms with Crippen molar-refractivity contribution in [3.8, 4) is 11.1 Å². The lowest BCUT2D eigenvalue weighted by atomic mass is 9.70. The third-order valence-electron chi connectivity index (χ3n) is 6.64. The molecule has 0 heterocycles. The van der Waals surface area contributed by atoms with Crippen LogP contribution < -0.4 is 0 Å². The van der Waals surface area contributed by atoms with Gasteiger partial charge in [-0.1, -0.05) is 99.3 Å². The van der Waals surface area contributed by atoms with Crippen molar-refractivity contribution >= 4 is 21.7 Å². The molecule has 29 heavy (non-hydrogen) atoms. The summed E-state index contributed by atoms with van der Waals surface area (Å²) >= 11 is 3.73. The van der Waals surface area contributed by atoms with E-state index in [0.29, 0.717) is 0 Å². The standard InChI is InChI=1S/C27H35BrO/c1-4-6-8-10-16-27(17-11-9-7-5-2)25-18-21(20(3)29)12-14-23(25)24-15-13-22(28)19-26(24)27/h12-15,18-19H,4-11,16-17H2,1-3H3. The monoisotopic (exact) mass is 454 g/mol. The number of benzene rings is 2. The van der Waals surface area contributed by atoms with Crippen molar-refractivity contribution in [2.75, 3.05) is 0 Å². The maximum absolute atomic E-state index is 12.2. The minimum absolute atomic E-state index is 0.0430. The van der Waals surface area contributed by atoms with Gasteiger partial charge in [0.1, 0.15) is 0 Å². The van der Waals surface area contributed by atoms with Crippen LogP contribution in [0.5, 0.6) is 0 Å². The zero-order chi connectivity index (χ0) is 20.9. The smallest absolute Gasteiger partial charge is 0.159 e. The molecule has 0 aliphatic heterocycles. The molecule has 0 atom stereocenters. The quantitative estimate of drug-likeness (QED) is 0.244. The van der Waals surface area contributed by atoms with Gasteiger partial charge in [0, 0.05) is 15.5 Å². The zero-order valence-electron chi connectivity index (χ0n) is 18.3. The van der Waals surface area contributed by atoms with Gasteiger partial charge in [0.05, 0.1) is 0 Å². The van der Waals surface area contributed by atoms with Crippen molar-refractivity contribution in [3.05, 3.63) is 57.6 Å². The summed E-state index contributed by atoms with van der Waals surface area (Å²) < 4.78 is 1.15. The van der Waals surface area contributed by atoms with Crippen LogP contribution in [0.1, 0.15) is 106 Å². The second-order valence-corrected chi connectivity index (χ2v) is 9.63. The number of Topliss-reactive ketones (excluding diaryl/α,β-unsaturated/α-hetero) is 1. The van der Waals surface area contributed by atoms with Crippen LogP contribution in [0.2, 0.25) is 0 Å². The Morgan fingerprint density at radius 1 is 0.793 bits per heavy atom. The SMILES string of the molecule is CCCCCCC1(CCCCCC)c2cc(Br)ccc2-c2ccc(C(C)=O)cc21. The predicted molar refractivity (Wildman–Crippen MR) is 128 cm³/mol. The van der Waals surface area contributed by atoms with Crippen LogP contribution in [0.4, 0.5) is 0 Å². The molecule has 2 heteroatoms. The highest BCUT2D eigenvalue weighted by molar-refractivity contribution is 9.10. The Morgan fingerprint density at radius 3 is 1.90 bits per heavy atom. The Labute approximate surface area is 185 Å². The molecule has 0 N–H and O–H groups in total. The molecule has 0 saturated carbocycles. The van der Waals surface area contributed by atoms with E-state index in [4.69, 9.17) is 0 Å². The summed E-state index contributed by atoms with van der Waals surface area (Å²) in [5.74, 6) is 0.163. The van der Waals surface area contributed by atoms with Gasteiger partial charge in [-0.15, -0.1) is 0 Å². The number of halogens is 1. The van der Waals surface area contributed by atoms with Gasteiger partial charge in [0.2, 0.25) is 0 Å². The van der Waals surface area contributed by atoms with Crippen molar-refractivity contribution in [1.29, 1.82) is 0 Å². The molecule has 0 unspecified atom stereocenters. The van der Waals surface area contributed by atoms with E-state index in [-0.39, 0.29) is 11.2 Å². The molecular weight excluding hydrogens is 420 g/mol. The van der Waals surface area contributed by atoms with Gasteiger partial charge in [-0.2, -0.15) is 0 Å². The van der Waals surface area contributed by atoms with E-state index in [1.807, 2.05) is 6.07 Å². The van der Waals surface area contributed by atoms with Gasteiger partial charge >= 0.3 is 0 Å². The largest absolute Gasteiger partial charge is 0.295 e. The lowest BCUT2D eigenvalue weighted by Crippen LogP contribution is -2.26. The molecule has 1 aliphatic carbocycles. The number of rotatable bonds is 11. The first kappa shape index (κ1) is 22.3. The van der Waals surface area contributed by atoms with E-state index < -0.39 is 0 Å². The molecule has 1 nitrogen and oxygen atoms in total. The first-order valence-electron chi connectivity index (χ1n) is 11.5. The molecule has 1 aliphatic rings. The van der Waals surface area contributed by atoms with E-state index in [9.17, 15) is 4.79 Å². The molecule has 0 radical (unpaired) electrons. The lowest BCUT2D eigenvalue weighted by Gasteiger charge is -2.33. The average Bonchev–Trinajstić information content (AvgIpc) is 2.97. The van der Waals surface area contributed by atoms with Crippen molar-refractivity contribution in [3.63, 3.8) is 0 Å². The molecule has 0 amide bonds. The fraction of sp³-hybridized carbons (Fsp3) is 0.519. The third-order valence-corrected chi connectivity index (χ3v) is 7.14. The van der Waals surface area contributed by atoms with E-state index in [2.05, 4.69) is 60.1 Å². The van der Waals surface area contributed by atoms with Crippen LogP contribution in [0, 0.1) is 0 Å². The summed E-state index contributed by atoms with van der Waals surface area (Å²) in [5, 5.41) is 0. The van der Waals surface area contributed by atoms with Gasteiger partial charge in [-0.05, 0) is 60.2 Å². The van der Waals surface area contributed by atoms with Crippen LogP contribution in [-0.4, -0.2) is 5.78 Å². The summed E-state index contributed by atoms with van der Waals surface area (Å²) in [4.78, 5) is 12.2. The fourth-order valence-electron chi connectivity index (χ4n) is 5.06. The molecule has 2 aromatic carbocycles. The van der Waals surface area contributed by atoms with Crippen LogP contribution >= 0.6 is 15.9 Å². The number of ketones is 1. The van der Waals surface area contributed by atoms with Gasteiger partial charge in [0.15, 0.2) is 5.78 Å². The van der Waals surface area contributed by atoms with Crippen molar-refractivity contribution < 1.29 is 4.79 Å². The summed E-state index contributed by atoms with van der Waals surface area (Å²) in [7, 11) is 0. The van der Waals surface area contributed by atoms with Crippen molar-refractivity contribution in [1.82, 2.24) is 0 Å². The number of hydrogen-bond acceptors (Lipinski definition) is 1. The van der Waals surface area contributed by atoms with Gasteiger partial charge in [-0.25, -0.2) is 0 Å². The first-order chi connectivity index (χ1) is 14.0. The maximum atomic E-state index is 12.2. The minimum Gasteiger partial charge on any atom is -0.295 e. The summed E-state index contributed by atoms with van der Waals surface area (Å²) in [6.07, 6.45) is 12.6. The Balaban J connectivity index is 2.08. The third kappa shape index (κ3) is 4.68. The second-order valence-electron chi connectivity index (χ2n) is 8.71. The average molecular weight is 455 g/mol. The molecule has 0 bridgehead atoms. The number of carbonyl (C=O) groups excluding carboxylic acids is 1. The van der Waals surface area contributed by atoms with Gasteiger partial charge in [0.25, 0.3) is 0 Å². The van der Waals surface area contributed by atoms with Crippen LogP contribution in [0.15, 0.2) is 40.9 Å². The highest BCUT2D eigenvalue weighted by Crippen LogP contribution is 2.55. The summed E-state index contributed by atoms with van der Waals surface area (Å²) in [5.41, 5.74) is 6.46. The first-order valence-corrected chi connectivity index (χ1v) is 12.3.